The highest BCUT2D eigenvalue weighted by Crippen LogP contribution is 2.21. The Morgan fingerprint density at radius 2 is 1.65 bits per heavy atom. The van der Waals surface area contributed by atoms with E-state index in [1.54, 1.807) is 18.2 Å². The molecule has 0 atom stereocenters. The van der Waals surface area contributed by atoms with Gasteiger partial charge in [0, 0.05) is 11.1 Å². The van der Waals surface area contributed by atoms with Crippen LogP contribution in [0.25, 0.3) is 0 Å². The quantitative estimate of drug-likeness (QED) is 0.498. The molecule has 2 aromatic rings. The van der Waals surface area contributed by atoms with Crippen molar-refractivity contribution in [2.24, 2.45) is 15.8 Å². The number of hydrazone groups is 1. The molecule has 0 aromatic heterocycles. The first-order valence-electron chi connectivity index (χ1n) is 6.45. The molecule has 0 radical (unpaired) electrons. The van der Waals surface area contributed by atoms with E-state index in [0.717, 1.165) is 12.1 Å². The van der Waals surface area contributed by atoms with Crippen molar-refractivity contribution in [2.75, 3.05) is 0 Å². The molecule has 0 aliphatic carbocycles. The van der Waals surface area contributed by atoms with Crippen molar-refractivity contribution in [3.63, 3.8) is 0 Å². The Morgan fingerprint density at radius 3 is 2.26 bits per heavy atom. The average Bonchev–Trinajstić information content (AvgIpc) is 2.50. The largest absolute Gasteiger partial charge is 0.369 e. The van der Waals surface area contributed by atoms with E-state index in [0.29, 0.717) is 15.6 Å². The Bertz CT molecular complexity index is 723. The van der Waals surface area contributed by atoms with Crippen molar-refractivity contribution in [3.05, 3.63) is 69.2 Å². The lowest BCUT2D eigenvalue weighted by molar-refractivity contribution is 0.557. The molecular formula is C15H12Cl2F2N4. The van der Waals surface area contributed by atoms with Crippen molar-refractivity contribution < 1.29 is 8.78 Å². The van der Waals surface area contributed by atoms with Gasteiger partial charge in [-0.3, -0.25) is 0 Å². The van der Waals surface area contributed by atoms with Gasteiger partial charge in [0.05, 0.1) is 22.8 Å². The smallest absolute Gasteiger partial charge is 0.209 e. The van der Waals surface area contributed by atoms with Crippen LogP contribution in [0.3, 0.4) is 0 Å². The van der Waals surface area contributed by atoms with Gasteiger partial charge < -0.3 is 5.73 Å². The summed E-state index contributed by atoms with van der Waals surface area (Å²) in [5.41, 5.74) is 8.35. The minimum Gasteiger partial charge on any atom is -0.369 e. The van der Waals surface area contributed by atoms with Gasteiger partial charge in [-0.2, -0.15) is 5.10 Å². The van der Waals surface area contributed by atoms with E-state index in [1.807, 2.05) is 0 Å². The van der Waals surface area contributed by atoms with Gasteiger partial charge in [-0.1, -0.05) is 35.3 Å². The Hall–Kier alpha value is -2.18. The van der Waals surface area contributed by atoms with Crippen LogP contribution in [-0.2, 0) is 6.54 Å². The first-order valence-corrected chi connectivity index (χ1v) is 7.20. The number of hydrogen-bond acceptors (Lipinski definition) is 2. The Kier molecular flexibility index (Phi) is 5.90. The lowest BCUT2D eigenvalue weighted by atomic mass is 10.2. The minimum absolute atomic E-state index is 0.105. The molecular weight excluding hydrogens is 345 g/mol. The van der Waals surface area contributed by atoms with Crippen LogP contribution in [0.15, 0.2) is 46.5 Å². The second-order valence-electron chi connectivity index (χ2n) is 4.41. The predicted molar refractivity (Wildman–Crippen MR) is 88.9 cm³/mol. The van der Waals surface area contributed by atoms with E-state index in [1.165, 1.54) is 12.3 Å². The fourth-order valence-electron chi connectivity index (χ4n) is 1.68. The molecule has 0 saturated carbocycles. The summed E-state index contributed by atoms with van der Waals surface area (Å²) in [4.78, 5) is 3.82. The number of benzene rings is 2. The van der Waals surface area contributed by atoms with Crippen LogP contribution in [0.5, 0.6) is 0 Å². The Balaban J connectivity index is 2.02. The summed E-state index contributed by atoms with van der Waals surface area (Å²) in [5, 5.41) is 4.68. The van der Waals surface area contributed by atoms with Crippen molar-refractivity contribution in [1.29, 1.82) is 0 Å². The van der Waals surface area contributed by atoms with Crippen molar-refractivity contribution in [3.8, 4) is 0 Å². The van der Waals surface area contributed by atoms with Gasteiger partial charge in [0.25, 0.3) is 0 Å². The highest BCUT2D eigenvalue weighted by molar-refractivity contribution is 6.38. The first kappa shape index (κ1) is 17.2. The molecule has 0 heterocycles. The van der Waals surface area contributed by atoms with E-state index in [-0.39, 0.29) is 18.1 Å². The van der Waals surface area contributed by atoms with Gasteiger partial charge in [-0.05, 0) is 24.3 Å². The van der Waals surface area contributed by atoms with Crippen LogP contribution in [0.1, 0.15) is 11.1 Å². The van der Waals surface area contributed by atoms with Crippen LogP contribution in [0.4, 0.5) is 8.78 Å². The minimum atomic E-state index is -0.687. The van der Waals surface area contributed by atoms with Crippen LogP contribution in [0, 0.1) is 11.6 Å². The van der Waals surface area contributed by atoms with Crippen molar-refractivity contribution in [2.45, 2.75) is 6.54 Å². The fraction of sp³-hybridized carbons (Fsp3) is 0.0667. The standard InChI is InChI=1S/C15H12Cl2F2N4/c16-11-3-1-4-12(17)9(11)8-22-23-15(20)21-7-10-13(18)5-2-6-14(10)19/h1-6,8H,7H2,(H3,20,21,23)/b22-8+. The predicted octanol–water partition coefficient (Wildman–Crippen LogP) is 3.71. The zero-order valence-electron chi connectivity index (χ0n) is 11.7. The average molecular weight is 357 g/mol. The molecule has 2 aromatic carbocycles. The number of nitrogens with zero attached hydrogens (tertiary/aromatic N) is 2. The third kappa shape index (κ3) is 4.64. The molecule has 0 amide bonds. The Labute approximate surface area is 141 Å². The molecule has 0 aliphatic rings. The molecule has 0 unspecified atom stereocenters. The second kappa shape index (κ2) is 7.89. The molecule has 120 valence electrons. The maximum absolute atomic E-state index is 13.4. The fourth-order valence-corrected chi connectivity index (χ4v) is 2.18. The maximum Gasteiger partial charge on any atom is 0.209 e. The normalized spacial score (nSPS) is 11.9. The third-order valence-electron chi connectivity index (χ3n) is 2.84. The summed E-state index contributed by atoms with van der Waals surface area (Å²) in [6, 6.07) is 8.59. The lowest BCUT2D eigenvalue weighted by Gasteiger charge is -2.03. The van der Waals surface area contributed by atoms with Gasteiger partial charge >= 0.3 is 0 Å². The first-order chi connectivity index (χ1) is 11.0. The number of aliphatic imine (C=N–C) groups is 1. The molecule has 0 spiro atoms. The molecule has 23 heavy (non-hydrogen) atoms. The third-order valence-corrected chi connectivity index (χ3v) is 3.50. The molecule has 0 saturated heterocycles. The molecule has 0 fully saturated rings. The van der Waals surface area contributed by atoms with E-state index >= 15 is 0 Å². The van der Waals surface area contributed by atoms with E-state index in [2.05, 4.69) is 15.5 Å². The summed E-state index contributed by atoms with van der Waals surface area (Å²) in [5.74, 6) is -1.48. The van der Waals surface area contributed by atoms with Crippen molar-refractivity contribution >= 4 is 35.4 Å². The molecule has 0 bridgehead atoms. The van der Waals surface area contributed by atoms with Crippen molar-refractivity contribution in [1.82, 2.24) is 5.43 Å². The van der Waals surface area contributed by atoms with Gasteiger partial charge in [-0.25, -0.2) is 19.2 Å². The molecule has 4 nitrogen and oxygen atoms in total. The highest BCUT2D eigenvalue weighted by atomic mass is 35.5. The molecule has 2 rings (SSSR count). The summed E-state index contributed by atoms with van der Waals surface area (Å²) in [7, 11) is 0. The lowest BCUT2D eigenvalue weighted by Crippen LogP contribution is -2.27. The second-order valence-corrected chi connectivity index (χ2v) is 5.22. The zero-order valence-corrected chi connectivity index (χ0v) is 13.2. The summed E-state index contributed by atoms with van der Waals surface area (Å²) in [6.07, 6.45) is 1.37. The highest BCUT2D eigenvalue weighted by Gasteiger charge is 2.07. The molecule has 0 aliphatic heterocycles. The number of nitrogens with two attached hydrogens (primary N) is 1. The SMILES string of the molecule is NC(=NCc1c(F)cccc1F)N/N=C/c1c(Cl)cccc1Cl. The van der Waals surface area contributed by atoms with E-state index < -0.39 is 11.6 Å². The number of nitrogens with one attached hydrogen (secondary N) is 1. The zero-order chi connectivity index (χ0) is 16.8. The maximum atomic E-state index is 13.4. The van der Waals surface area contributed by atoms with Gasteiger partial charge in [0.15, 0.2) is 0 Å². The van der Waals surface area contributed by atoms with Gasteiger partial charge in [-0.15, -0.1) is 0 Å². The number of halogens is 4. The van der Waals surface area contributed by atoms with E-state index in [4.69, 9.17) is 28.9 Å². The number of rotatable bonds is 4. The van der Waals surface area contributed by atoms with E-state index in [9.17, 15) is 8.78 Å². The van der Waals surface area contributed by atoms with Crippen LogP contribution < -0.4 is 11.2 Å². The number of hydrogen-bond donors (Lipinski definition) is 2. The topological polar surface area (TPSA) is 62.8 Å². The van der Waals surface area contributed by atoms with Gasteiger partial charge in [0.1, 0.15) is 11.6 Å². The molecule has 3 N–H and O–H groups in total. The monoisotopic (exact) mass is 356 g/mol. The van der Waals surface area contributed by atoms with Gasteiger partial charge in [0.2, 0.25) is 5.96 Å². The summed E-state index contributed by atoms with van der Waals surface area (Å²) >= 11 is 11.9. The molecule has 8 heteroatoms. The van der Waals surface area contributed by atoms with Crippen LogP contribution in [0.2, 0.25) is 10.0 Å². The summed E-state index contributed by atoms with van der Waals surface area (Å²) < 4.78 is 26.9. The van der Waals surface area contributed by atoms with Crippen LogP contribution in [-0.4, -0.2) is 12.2 Å². The van der Waals surface area contributed by atoms with Crippen LogP contribution >= 0.6 is 23.2 Å². The summed E-state index contributed by atoms with van der Waals surface area (Å²) in [6.45, 7) is -0.250. The Morgan fingerprint density at radius 1 is 1.09 bits per heavy atom. The number of guanidine groups is 1.